The number of Topliss-reactive ketones (excluding diaryl/α,β-unsaturated/α-hetero) is 1. The fourth-order valence-electron chi connectivity index (χ4n) is 3.63. The molecule has 2 aromatic heterocycles. The molecule has 0 aliphatic rings. The minimum absolute atomic E-state index is 0.0485. The number of carbonyl (C=O) groups is 2. The molecule has 0 aliphatic heterocycles. The zero-order chi connectivity index (χ0) is 23.2. The van der Waals surface area contributed by atoms with Crippen LogP contribution in [0.25, 0.3) is 22.3 Å². The number of aromatic nitrogens is 3. The normalized spacial score (nSPS) is 10.7. The first-order valence-corrected chi connectivity index (χ1v) is 10.9. The van der Waals surface area contributed by atoms with E-state index in [4.69, 9.17) is 5.26 Å². The van der Waals surface area contributed by atoms with Crippen molar-refractivity contribution in [1.29, 1.82) is 5.26 Å². The van der Waals surface area contributed by atoms with Gasteiger partial charge in [-0.25, -0.2) is 9.97 Å². The van der Waals surface area contributed by atoms with Crippen molar-refractivity contribution in [1.82, 2.24) is 15.0 Å². The Bertz CT molecular complexity index is 1370. The molecule has 7 heteroatoms. The van der Waals surface area contributed by atoms with Crippen LogP contribution in [0.2, 0.25) is 0 Å². The molecule has 0 fully saturated rings. The van der Waals surface area contributed by atoms with E-state index >= 15 is 0 Å². The highest BCUT2D eigenvalue weighted by Crippen LogP contribution is 2.22. The van der Waals surface area contributed by atoms with Crippen LogP contribution in [0.4, 0.5) is 5.95 Å². The number of carbonyl (C=O) groups excluding carboxylic acids is 2. The summed E-state index contributed by atoms with van der Waals surface area (Å²) in [6.07, 6.45) is 3.38. The number of amides is 1. The number of H-pyrrole nitrogens is 1. The molecule has 2 N–H and O–H groups in total. The third kappa shape index (κ3) is 4.96. The first kappa shape index (κ1) is 21.9. The van der Waals surface area contributed by atoms with Crippen LogP contribution >= 0.6 is 0 Å². The smallest absolute Gasteiger partial charge is 0.276 e. The van der Waals surface area contributed by atoms with E-state index in [0.717, 1.165) is 24.8 Å². The summed E-state index contributed by atoms with van der Waals surface area (Å²) in [5, 5.41) is 11.9. The lowest BCUT2D eigenvalue weighted by atomic mass is 10.0. The molecule has 0 bridgehead atoms. The quantitative estimate of drug-likeness (QED) is 0.279. The van der Waals surface area contributed by atoms with Crippen LogP contribution in [0.3, 0.4) is 0 Å². The van der Waals surface area contributed by atoms with Crippen molar-refractivity contribution in [2.75, 3.05) is 5.32 Å². The van der Waals surface area contributed by atoms with Gasteiger partial charge >= 0.3 is 0 Å². The number of pyridine rings is 1. The average molecular weight is 438 g/mol. The molecule has 0 saturated heterocycles. The van der Waals surface area contributed by atoms with Crippen molar-refractivity contribution in [3.63, 3.8) is 0 Å². The summed E-state index contributed by atoms with van der Waals surface area (Å²) >= 11 is 0. The number of para-hydroxylation sites is 1. The van der Waals surface area contributed by atoms with Gasteiger partial charge in [-0.2, -0.15) is 5.26 Å². The molecule has 0 saturated carbocycles. The van der Waals surface area contributed by atoms with Crippen molar-refractivity contribution in [3.8, 4) is 17.3 Å². The van der Waals surface area contributed by atoms with E-state index in [1.54, 1.807) is 48.5 Å². The number of imidazole rings is 1. The van der Waals surface area contributed by atoms with Gasteiger partial charge in [-0.05, 0) is 42.8 Å². The SMILES string of the molecule is CCCCCC(=O)c1cccc2[nH]c(NC(=O)c3cccc(-c4cccc(C#N)c4)n3)nc12. The lowest BCUT2D eigenvalue weighted by Crippen LogP contribution is -2.14. The number of benzene rings is 2. The summed E-state index contributed by atoms with van der Waals surface area (Å²) in [4.78, 5) is 37.4. The molecule has 33 heavy (non-hydrogen) atoms. The third-order valence-electron chi connectivity index (χ3n) is 5.32. The molecule has 0 aliphatic carbocycles. The number of nitriles is 1. The number of rotatable bonds is 8. The summed E-state index contributed by atoms with van der Waals surface area (Å²) in [6.45, 7) is 2.10. The fourth-order valence-corrected chi connectivity index (χ4v) is 3.63. The van der Waals surface area contributed by atoms with Gasteiger partial charge < -0.3 is 4.98 Å². The Balaban J connectivity index is 1.55. The Morgan fingerprint density at radius 3 is 2.67 bits per heavy atom. The molecule has 4 rings (SSSR count). The Hall–Kier alpha value is -4.31. The Labute approximate surface area is 191 Å². The van der Waals surface area contributed by atoms with Gasteiger partial charge in [0.15, 0.2) is 5.78 Å². The number of ketones is 1. The topological polar surface area (TPSA) is 112 Å². The second-order valence-corrected chi connectivity index (χ2v) is 7.72. The van der Waals surface area contributed by atoms with Gasteiger partial charge in [0.05, 0.1) is 22.8 Å². The Morgan fingerprint density at radius 2 is 1.85 bits per heavy atom. The van der Waals surface area contributed by atoms with Crippen LogP contribution in [0.5, 0.6) is 0 Å². The van der Waals surface area contributed by atoms with Crippen molar-refractivity contribution < 1.29 is 9.59 Å². The van der Waals surface area contributed by atoms with Crippen LogP contribution in [0.1, 0.15) is 59.0 Å². The van der Waals surface area contributed by atoms with Crippen LogP contribution in [-0.2, 0) is 0 Å². The summed E-state index contributed by atoms with van der Waals surface area (Å²) in [5.74, 6) is -0.127. The maximum atomic E-state index is 12.8. The van der Waals surface area contributed by atoms with Gasteiger partial charge in [0.25, 0.3) is 5.91 Å². The minimum Gasteiger partial charge on any atom is -0.324 e. The highest BCUT2D eigenvalue weighted by Gasteiger charge is 2.16. The minimum atomic E-state index is -0.428. The van der Waals surface area contributed by atoms with E-state index in [9.17, 15) is 9.59 Å². The number of nitrogens with zero attached hydrogens (tertiary/aromatic N) is 3. The van der Waals surface area contributed by atoms with E-state index in [0.29, 0.717) is 34.3 Å². The highest BCUT2D eigenvalue weighted by molar-refractivity contribution is 6.07. The van der Waals surface area contributed by atoms with Crippen molar-refractivity contribution in [3.05, 3.63) is 77.5 Å². The fraction of sp³-hybridized carbons (Fsp3) is 0.192. The number of nitrogens with one attached hydrogen (secondary N) is 2. The van der Waals surface area contributed by atoms with Crippen LogP contribution < -0.4 is 5.32 Å². The van der Waals surface area contributed by atoms with E-state index in [-0.39, 0.29) is 17.4 Å². The maximum Gasteiger partial charge on any atom is 0.276 e. The summed E-state index contributed by atoms with van der Waals surface area (Å²) in [7, 11) is 0. The Morgan fingerprint density at radius 1 is 1.03 bits per heavy atom. The number of unbranched alkanes of at least 4 members (excludes halogenated alkanes) is 2. The first-order valence-electron chi connectivity index (χ1n) is 10.9. The Kier molecular flexibility index (Phi) is 6.56. The summed E-state index contributed by atoms with van der Waals surface area (Å²) in [5.41, 5.74) is 3.85. The molecule has 0 unspecified atom stereocenters. The van der Waals surface area contributed by atoms with Gasteiger partial charge in [-0.3, -0.25) is 14.9 Å². The monoisotopic (exact) mass is 437 g/mol. The number of aromatic amines is 1. The van der Waals surface area contributed by atoms with Gasteiger partial charge in [-0.1, -0.05) is 44.0 Å². The van der Waals surface area contributed by atoms with Crippen LogP contribution in [0.15, 0.2) is 60.7 Å². The molecule has 4 aromatic rings. The van der Waals surface area contributed by atoms with Gasteiger partial charge in [0, 0.05) is 17.5 Å². The molecule has 0 atom stereocenters. The predicted octanol–water partition coefficient (Wildman–Crippen LogP) is 5.51. The van der Waals surface area contributed by atoms with Gasteiger partial charge in [-0.15, -0.1) is 0 Å². The number of hydrogen-bond donors (Lipinski definition) is 2. The molecular weight excluding hydrogens is 414 g/mol. The number of anilines is 1. The van der Waals surface area contributed by atoms with E-state index in [2.05, 4.69) is 33.3 Å². The first-order chi connectivity index (χ1) is 16.1. The van der Waals surface area contributed by atoms with Gasteiger partial charge in [0.2, 0.25) is 5.95 Å². The predicted molar refractivity (Wildman–Crippen MR) is 127 cm³/mol. The summed E-state index contributed by atoms with van der Waals surface area (Å²) in [6, 6.07) is 19.7. The molecule has 1 amide bonds. The second kappa shape index (κ2) is 9.88. The molecule has 0 spiro atoms. The van der Waals surface area contributed by atoms with E-state index in [1.165, 1.54) is 0 Å². The summed E-state index contributed by atoms with van der Waals surface area (Å²) < 4.78 is 0. The van der Waals surface area contributed by atoms with Crippen LogP contribution in [-0.4, -0.2) is 26.6 Å². The zero-order valence-corrected chi connectivity index (χ0v) is 18.3. The molecule has 2 aromatic carbocycles. The highest BCUT2D eigenvalue weighted by atomic mass is 16.2. The van der Waals surface area contributed by atoms with Crippen molar-refractivity contribution in [2.45, 2.75) is 32.6 Å². The number of hydrogen-bond acceptors (Lipinski definition) is 5. The molecule has 0 radical (unpaired) electrons. The standard InChI is InChI=1S/C26H23N5O2/c1-2-3-4-14-23(32)19-10-6-12-21-24(19)30-26(29-21)31-25(33)22-13-7-11-20(28-22)18-9-5-8-17(15-18)16-27/h5-13,15H,2-4,14H2,1H3,(H2,29,30,31,33). The molecule has 7 nitrogen and oxygen atoms in total. The second-order valence-electron chi connectivity index (χ2n) is 7.72. The molecule has 2 heterocycles. The van der Waals surface area contributed by atoms with E-state index in [1.807, 2.05) is 12.1 Å². The molecular formula is C26H23N5O2. The van der Waals surface area contributed by atoms with Gasteiger partial charge in [0.1, 0.15) is 11.2 Å². The van der Waals surface area contributed by atoms with Crippen molar-refractivity contribution >= 4 is 28.7 Å². The lowest BCUT2D eigenvalue weighted by molar-refractivity contribution is 0.0979. The van der Waals surface area contributed by atoms with E-state index < -0.39 is 5.91 Å². The maximum absolute atomic E-state index is 12.8. The van der Waals surface area contributed by atoms with Crippen LogP contribution in [0, 0.1) is 11.3 Å². The molecule has 164 valence electrons. The number of fused-ring (bicyclic) bond motifs is 1. The zero-order valence-electron chi connectivity index (χ0n) is 18.3. The lowest BCUT2D eigenvalue weighted by Gasteiger charge is -2.05. The van der Waals surface area contributed by atoms with Crippen molar-refractivity contribution in [2.24, 2.45) is 0 Å². The largest absolute Gasteiger partial charge is 0.324 e. The average Bonchev–Trinajstić information content (AvgIpc) is 3.26. The third-order valence-corrected chi connectivity index (χ3v) is 5.32.